The summed E-state index contributed by atoms with van der Waals surface area (Å²) in [5, 5.41) is 7.48. The number of carbonyl (C=O) groups excluding carboxylic acids is 1. The van der Waals surface area contributed by atoms with Gasteiger partial charge in [-0.2, -0.15) is 4.31 Å². The van der Waals surface area contributed by atoms with Crippen molar-refractivity contribution < 1.29 is 17.7 Å². The number of aromatic nitrogens is 1. The zero-order valence-electron chi connectivity index (χ0n) is 19.7. The lowest BCUT2D eigenvalue weighted by Crippen LogP contribution is -2.43. The summed E-state index contributed by atoms with van der Waals surface area (Å²) in [4.78, 5) is 12.7. The molecule has 4 rings (SSSR count). The van der Waals surface area contributed by atoms with Crippen molar-refractivity contribution in [1.29, 1.82) is 0 Å². The third-order valence-corrected chi connectivity index (χ3v) is 8.45. The van der Waals surface area contributed by atoms with Crippen molar-refractivity contribution in [3.8, 4) is 0 Å². The normalized spacial score (nSPS) is 15.5. The monoisotopic (exact) mass is 513 g/mol. The molecule has 2 heterocycles. The summed E-state index contributed by atoms with van der Waals surface area (Å²) < 4.78 is 33.6. The molecule has 0 spiro atoms. The number of halogens is 1. The summed E-state index contributed by atoms with van der Waals surface area (Å²) >= 11 is 5.90. The van der Waals surface area contributed by atoms with E-state index in [9.17, 15) is 13.2 Å². The highest BCUT2D eigenvalue weighted by Crippen LogP contribution is 2.29. The molecule has 1 fully saturated rings. The van der Waals surface area contributed by atoms with Crippen molar-refractivity contribution >= 4 is 39.7 Å². The van der Waals surface area contributed by atoms with Gasteiger partial charge in [0.25, 0.3) is 0 Å². The summed E-state index contributed by atoms with van der Waals surface area (Å²) in [6.07, 6.45) is 4.33. The van der Waals surface area contributed by atoms with Gasteiger partial charge in [-0.3, -0.25) is 4.79 Å². The molecule has 1 N–H and O–H groups in total. The Labute approximate surface area is 210 Å². The van der Waals surface area contributed by atoms with E-state index in [1.54, 1.807) is 31.2 Å². The van der Waals surface area contributed by atoms with Crippen LogP contribution in [0.1, 0.15) is 41.0 Å². The second kappa shape index (κ2) is 10.8. The van der Waals surface area contributed by atoms with E-state index in [0.717, 1.165) is 16.7 Å². The van der Waals surface area contributed by atoms with Gasteiger partial charge >= 0.3 is 0 Å². The van der Waals surface area contributed by atoms with E-state index in [1.165, 1.54) is 4.31 Å². The Bertz CT molecular complexity index is 1310. The molecule has 35 heavy (non-hydrogen) atoms. The number of rotatable bonds is 7. The Morgan fingerprint density at radius 1 is 1.09 bits per heavy atom. The first kappa shape index (κ1) is 25.2. The van der Waals surface area contributed by atoms with Crippen LogP contribution in [0.5, 0.6) is 0 Å². The summed E-state index contributed by atoms with van der Waals surface area (Å²) in [5.74, 6) is -0.107. The van der Waals surface area contributed by atoms with Gasteiger partial charge in [0.15, 0.2) is 10.7 Å². The standard InChI is InChI=1S/C26H28ClN3O4S/c1-18-3-5-20(6-4-18)9-12-24-25(19(2)29-34-24)35(32,33)30-15-13-22(14-16-30)26(31)28-17-21-7-10-23(27)11-8-21/h3-12,22H,13-17H2,1-2H3,(H,28,31). The van der Waals surface area contributed by atoms with Crippen LogP contribution in [0.4, 0.5) is 0 Å². The maximum atomic E-state index is 13.4. The predicted molar refractivity (Wildman–Crippen MR) is 136 cm³/mol. The molecule has 184 valence electrons. The van der Waals surface area contributed by atoms with Gasteiger partial charge in [-0.05, 0) is 56.0 Å². The van der Waals surface area contributed by atoms with Gasteiger partial charge < -0.3 is 9.84 Å². The van der Waals surface area contributed by atoms with Crippen molar-refractivity contribution in [2.45, 2.75) is 38.1 Å². The number of piperidine rings is 1. The minimum atomic E-state index is -3.82. The molecule has 3 aromatic rings. The van der Waals surface area contributed by atoms with E-state index < -0.39 is 10.0 Å². The van der Waals surface area contributed by atoms with E-state index >= 15 is 0 Å². The van der Waals surface area contributed by atoms with Crippen LogP contribution in [0.15, 0.2) is 57.9 Å². The number of hydrogen-bond acceptors (Lipinski definition) is 5. The molecule has 1 aliphatic heterocycles. The Kier molecular flexibility index (Phi) is 7.74. The van der Waals surface area contributed by atoms with E-state index in [2.05, 4.69) is 10.5 Å². The third-order valence-electron chi connectivity index (χ3n) is 6.14. The fourth-order valence-electron chi connectivity index (χ4n) is 4.07. The van der Waals surface area contributed by atoms with Crippen LogP contribution >= 0.6 is 11.6 Å². The van der Waals surface area contributed by atoms with Crippen LogP contribution in [0.25, 0.3) is 12.2 Å². The number of benzene rings is 2. The zero-order valence-corrected chi connectivity index (χ0v) is 21.3. The summed E-state index contributed by atoms with van der Waals surface area (Å²) in [5.41, 5.74) is 3.34. The predicted octanol–water partition coefficient (Wildman–Crippen LogP) is 4.83. The molecular weight excluding hydrogens is 486 g/mol. The first-order chi connectivity index (χ1) is 16.7. The average molecular weight is 514 g/mol. The molecule has 0 atom stereocenters. The number of sulfonamides is 1. The maximum Gasteiger partial charge on any atom is 0.248 e. The SMILES string of the molecule is Cc1ccc(C=Cc2onc(C)c2S(=O)(=O)N2CCC(C(=O)NCc3ccc(Cl)cc3)CC2)cc1. The summed E-state index contributed by atoms with van der Waals surface area (Å²) in [6.45, 7) is 4.55. The lowest BCUT2D eigenvalue weighted by Gasteiger charge is -2.30. The number of carbonyl (C=O) groups is 1. The number of hydrogen-bond donors (Lipinski definition) is 1. The first-order valence-electron chi connectivity index (χ1n) is 11.5. The van der Waals surface area contributed by atoms with E-state index in [0.29, 0.717) is 30.1 Å². The van der Waals surface area contributed by atoms with E-state index in [1.807, 2.05) is 43.3 Å². The fourth-order valence-corrected chi connectivity index (χ4v) is 5.92. The largest absolute Gasteiger partial charge is 0.355 e. The summed E-state index contributed by atoms with van der Waals surface area (Å²) in [6, 6.07) is 15.2. The molecule has 1 amide bonds. The number of amides is 1. The van der Waals surface area contributed by atoms with Crippen LogP contribution in [0.3, 0.4) is 0 Å². The smallest absolute Gasteiger partial charge is 0.248 e. The van der Waals surface area contributed by atoms with Crippen molar-refractivity contribution in [3.05, 3.63) is 81.7 Å². The molecule has 9 heteroatoms. The minimum Gasteiger partial charge on any atom is -0.355 e. The lowest BCUT2D eigenvalue weighted by atomic mass is 9.97. The Hall–Kier alpha value is -2.94. The van der Waals surface area contributed by atoms with Crippen molar-refractivity contribution in [1.82, 2.24) is 14.8 Å². The first-order valence-corrected chi connectivity index (χ1v) is 13.3. The maximum absolute atomic E-state index is 13.4. The average Bonchev–Trinajstić information content (AvgIpc) is 3.24. The number of nitrogens with zero attached hydrogens (tertiary/aromatic N) is 2. The second-order valence-electron chi connectivity index (χ2n) is 8.73. The minimum absolute atomic E-state index is 0.0696. The molecule has 0 radical (unpaired) electrons. The van der Waals surface area contributed by atoms with Crippen LogP contribution in [0, 0.1) is 19.8 Å². The lowest BCUT2D eigenvalue weighted by molar-refractivity contribution is -0.126. The van der Waals surface area contributed by atoms with Gasteiger partial charge in [0.1, 0.15) is 5.69 Å². The number of aryl methyl sites for hydroxylation is 2. The molecule has 2 aromatic carbocycles. The Morgan fingerprint density at radius 3 is 2.40 bits per heavy atom. The third kappa shape index (κ3) is 6.01. The van der Waals surface area contributed by atoms with Crippen LogP contribution in [-0.2, 0) is 21.4 Å². The van der Waals surface area contributed by atoms with Crippen LogP contribution < -0.4 is 5.32 Å². The van der Waals surface area contributed by atoms with Gasteiger partial charge in [0, 0.05) is 30.6 Å². The molecule has 0 aliphatic carbocycles. The zero-order chi connectivity index (χ0) is 25.0. The molecule has 7 nitrogen and oxygen atoms in total. The number of nitrogens with one attached hydrogen (secondary N) is 1. The molecular formula is C26H28ClN3O4S. The quantitative estimate of drug-likeness (QED) is 0.488. The molecule has 1 aromatic heterocycles. The molecule has 0 unspecified atom stereocenters. The second-order valence-corrected chi connectivity index (χ2v) is 11.0. The van der Waals surface area contributed by atoms with Crippen LogP contribution in [-0.4, -0.2) is 36.9 Å². The van der Waals surface area contributed by atoms with Crippen molar-refractivity contribution in [2.75, 3.05) is 13.1 Å². The van der Waals surface area contributed by atoms with Gasteiger partial charge in [-0.25, -0.2) is 8.42 Å². The van der Waals surface area contributed by atoms with Crippen molar-refractivity contribution in [2.24, 2.45) is 5.92 Å². The molecule has 0 bridgehead atoms. The highest BCUT2D eigenvalue weighted by molar-refractivity contribution is 7.89. The summed E-state index contributed by atoms with van der Waals surface area (Å²) in [7, 11) is -3.82. The highest BCUT2D eigenvalue weighted by atomic mass is 35.5. The molecule has 1 saturated heterocycles. The topological polar surface area (TPSA) is 92.5 Å². The van der Waals surface area contributed by atoms with Gasteiger partial charge in [-0.15, -0.1) is 0 Å². The van der Waals surface area contributed by atoms with Gasteiger partial charge in [-0.1, -0.05) is 64.8 Å². The van der Waals surface area contributed by atoms with Crippen LogP contribution in [0.2, 0.25) is 5.02 Å². The van der Waals surface area contributed by atoms with Gasteiger partial charge in [0.2, 0.25) is 15.9 Å². The Morgan fingerprint density at radius 2 is 1.74 bits per heavy atom. The molecule has 0 saturated carbocycles. The molecule has 1 aliphatic rings. The Balaban J connectivity index is 1.39. The fraction of sp³-hybridized carbons (Fsp3) is 0.308. The van der Waals surface area contributed by atoms with E-state index in [-0.39, 0.29) is 35.6 Å². The van der Waals surface area contributed by atoms with Gasteiger partial charge in [0.05, 0.1) is 0 Å². The van der Waals surface area contributed by atoms with Crippen molar-refractivity contribution in [3.63, 3.8) is 0 Å². The highest BCUT2D eigenvalue weighted by Gasteiger charge is 2.35. The van der Waals surface area contributed by atoms with E-state index in [4.69, 9.17) is 16.1 Å².